The third kappa shape index (κ3) is 3.85. The number of carboxylic acids is 1. The fourth-order valence-corrected chi connectivity index (χ4v) is 1.44. The van der Waals surface area contributed by atoms with Crippen LogP contribution in [0, 0.1) is 11.8 Å². The Morgan fingerprint density at radius 3 is 2.17 bits per heavy atom. The first-order valence-corrected chi connectivity index (χ1v) is 5.43. The van der Waals surface area contributed by atoms with E-state index in [1.54, 1.807) is 0 Å². The Labute approximate surface area is 103 Å². The molecule has 3 unspecified atom stereocenters. The summed E-state index contributed by atoms with van der Waals surface area (Å²) in [5.41, 5.74) is 0. The molecule has 2 N–H and O–H groups in total. The predicted molar refractivity (Wildman–Crippen MR) is 56.9 cm³/mol. The van der Waals surface area contributed by atoms with Crippen molar-refractivity contribution >= 4 is 17.9 Å². The number of aliphatic hydroxyl groups excluding tert-OH is 1. The molecule has 0 heterocycles. The molecule has 1 aliphatic carbocycles. The first kappa shape index (κ1) is 14.2. The van der Waals surface area contributed by atoms with Crippen LogP contribution in [0.4, 0.5) is 0 Å². The lowest BCUT2D eigenvalue weighted by molar-refractivity contribution is -0.266. The van der Waals surface area contributed by atoms with Gasteiger partial charge in [0.1, 0.15) is 0 Å². The average Bonchev–Trinajstić information content (AvgIpc) is 2.35. The van der Waals surface area contributed by atoms with Gasteiger partial charge in [0.25, 0.3) is 0 Å². The Balaban J connectivity index is 2.43. The summed E-state index contributed by atoms with van der Waals surface area (Å²) < 4.78 is 0. The summed E-state index contributed by atoms with van der Waals surface area (Å²) >= 11 is 0. The largest absolute Gasteiger partial charge is 0.481 e. The monoisotopic (exact) mass is 258 g/mol. The van der Waals surface area contributed by atoms with E-state index in [1.807, 2.05) is 0 Å². The molecule has 0 spiro atoms. The van der Waals surface area contributed by atoms with Crippen molar-refractivity contribution in [1.82, 2.24) is 0 Å². The van der Waals surface area contributed by atoms with Gasteiger partial charge in [-0.3, -0.25) is 4.79 Å². The van der Waals surface area contributed by atoms with Crippen LogP contribution in [0.15, 0.2) is 12.2 Å². The molecule has 0 saturated heterocycles. The van der Waals surface area contributed by atoms with Gasteiger partial charge in [0.05, 0.1) is 11.8 Å². The lowest BCUT2D eigenvalue weighted by atomic mass is 9.89. The highest BCUT2D eigenvalue weighted by Gasteiger charge is 2.27. The van der Waals surface area contributed by atoms with Crippen molar-refractivity contribution in [2.45, 2.75) is 25.9 Å². The van der Waals surface area contributed by atoms with Crippen molar-refractivity contribution in [3.8, 4) is 0 Å². The third-order valence-electron chi connectivity index (χ3n) is 2.53. The summed E-state index contributed by atoms with van der Waals surface area (Å²) in [6.07, 6.45) is 2.07. The van der Waals surface area contributed by atoms with E-state index in [4.69, 9.17) is 10.2 Å². The second-order valence-corrected chi connectivity index (χ2v) is 3.99. The van der Waals surface area contributed by atoms with Crippen molar-refractivity contribution in [2.75, 3.05) is 0 Å². The topological polar surface area (TPSA) is 110 Å². The molecule has 0 aliphatic heterocycles. The van der Waals surface area contributed by atoms with Crippen LogP contribution in [-0.4, -0.2) is 34.2 Å². The first-order chi connectivity index (χ1) is 8.41. The standard InChI is InChI=1S/C11H14O7/c1-6(12)10(15)17-18-11(16)8-4-2-7(3-5-8)9(13)14/h2,4,6-8,12H,3,5H2,1H3,(H,13,14). The van der Waals surface area contributed by atoms with Crippen LogP contribution in [0.5, 0.6) is 0 Å². The molecule has 0 aromatic rings. The molecule has 0 bridgehead atoms. The molecule has 0 fully saturated rings. The number of rotatable bonds is 3. The fourth-order valence-electron chi connectivity index (χ4n) is 1.44. The number of carbonyl (C=O) groups excluding carboxylic acids is 2. The zero-order valence-electron chi connectivity index (χ0n) is 9.74. The minimum atomic E-state index is -1.38. The van der Waals surface area contributed by atoms with E-state index >= 15 is 0 Å². The minimum Gasteiger partial charge on any atom is -0.481 e. The molecule has 1 aliphatic rings. The van der Waals surface area contributed by atoms with Crippen molar-refractivity contribution in [3.63, 3.8) is 0 Å². The number of carbonyl (C=O) groups is 3. The molecule has 100 valence electrons. The Morgan fingerprint density at radius 2 is 1.72 bits per heavy atom. The van der Waals surface area contributed by atoms with E-state index in [1.165, 1.54) is 19.1 Å². The van der Waals surface area contributed by atoms with Crippen LogP contribution in [0.1, 0.15) is 19.8 Å². The maximum Gasteiger partial charge on any atom is 0.383 e. The van der Waals surface area contributed by atoms with Gasteiger partial charge in [0, 0.05) is 0 Å². The van der Waals surface area contributed by atoms with Crippen molar-refractivity contribution < 1.29 is 34.4 Å². The number of aliphatic carboxylic acids is 1. The highest BCUT2D eigenvalue weighted by atomic mass is 17.2. The zero-order chi connectivity index (χ0) is 13.7. The summed E-state index contributed by atoms with van der Waals surface area (Å²) in [5.74, 6) is -4.04. The van der Waals surface area contributed by atoms with E-state index in [9.17, 15) is 14.4 Å². The van der Waals surface area contributed by atoms with Crippen molar-refractivity contribution in [1.29, 1.82) is 0 Å². The molecular weight excluding hydrogens is 244 g/mol. The van der Waals surface area contributed by atoms with Gasteiger partial charge in [-0.05, 0) is 19.8 Å². The van der Waals surface area contributed by atoms with Gasteiger partial charge < -0.3 is 10.2 Å². The summed E-state index contributed by atoms with van der Waals surface area (Å²) in [5, 5.41) is 17.5. The van der Waals surface area contributed by atoms with Crippen molar-refractivity contribution in [2.24, 2.45) is 11.8 Å². The summed E-state index contributed by atoms with van der Waals surface area (Å²) in [6.45, 7) is 1.17. The highest BCUT2D eigenvalue weighted by Crippen LogP contribution is 2.23. The summed E-state index contributed by atoms with van der Waals surface area (Å²) in [7, 11) is 0. The normalized spacial score (nSPS) is 24.1. The van der Waals surface area contributed by atoms with Crippen LogP contribution in [0.2, 0.25) is 0 Å². The molecule has 0 aromatic heterocycles. The van der Waals surface area contributed by atoms with Crippen molar-refractivity contribution in [3.05, 3.63) is 12.2 Å². The van der Waals surface area contributed by atoms with Gasteiger partial charge in [-0.25, -0.2) is 19.4 Å². The minimum absolute atomic E-state index is 0.304. The smallest absolute Gasteiger partial charge is 0.383 e. The molecule has 3 atom stereocenters. The summed E-state index contributed by atoms with van der Waals surface area (Å²) in [6, 6.07) is 0. The van der Waals surface area contributed by atoms with Gasteiger partial charge >= 0.3 is 17.9 Å². The number of hydrogen-bond donors (Lipinski definition) is 2. The van der Waals surface area contributed by atoms with E-state index in [-0.39, 0.29) is 0 Å². The Morgan fingerprint density at radius 1 is 1.17 bits per heavy atom. The second-order valence-electron chi connectivity index (χ2n) is 3.99. The number of carboxylic acid groups (broad SMARTS) is 1. The highest BCUT2D eigenvalue weighted by molar-refractivity contribution is 5.78. The van der Waals surface area contributed by atoms with Crippen LogP contribution in [0.25, 0.3) is 0 Å². The van der Waals surface area contributed by atoms with E-state index in [2.05, 4.69) is 9.78 Å². The lowest BCUT2D eigenvalue weighted by Gasteiger charge is -2.18. The molecule has 18 heavy (non-hydrogen) atoms. The van der Waals surface area contributed by atoms with Crippen LogP contribution in [0.3, 0.4) is 0 Å². The molecule has 0 aromatic carbocycles. The van der Waals surface area contributed by atoms with Gasteiger partial charge in [0.2, 0.25) is 0 Å². The first-order valence-electron chi connectivity index (χ1n) is 5.43. The molecule has 0 saturated carbocycles. The SMILES string of the molecule is CC(O)C(=O)OOC(=O)C1C=CC(C(=O)O)CC1. The van der Waals surface area contributed by atoms with E-state index in [0.717, 1.165) is 0 Å². The maximum absolute atomic E-state index is 11.4. The number of aliphatic hydroxyl groups is 1. The Hall–Kier alpha value is -1.89. The van der Waals surface area contributed by atoms with Gasteiger partial charge in [-0.15, -0.1) is 0 Å². The maximum atomic E-state index is 11.4. The zero-order valence-corrected chi connectivity index (χ0v) is 9.74. The Kier molecular flexibility index (Phi) is 4.85. The van der Waals surface area contributed by atoms with E-state index in [0.29, 0.717) is 12.8 Å². The predicted octanol–water partition coefficient (Wildman–Crippen LogP) is 0.0356. The van der Waals surface area contributed by atoms with Gasteiger partial charge in [-0.1, -0.05) is 12.2 Å². The Bertz CT molecular complexity index is 372. The van der Waals surface area contributed by atoms with Gasteiger partial charge in [0.15, 0.2) is 6.10 Å². The second kappa shape index (κ2) is 6.15. The lowest BCUT2D eigenvalue weighted by Crippen LogP contribution is -2.26. The van der Waals surface area contributed by atoms with Crippen LogP contribution < -0.4 is 0 Å². The van der Waals surface area contributed by atoms with E-state index < -0.39 is 35.8 Å². The van der Waals surface area contributed by atoms with Crippen LogP contribution >= 0.6 is 0 Å². The number of hydrogen-bond acceptors (Lipinski definition) is 6. The molecule has 1 rings (SSSR count). The summed E-state index contributed by atoms with van der Waals surface area (Å²) in [4.78, 5) is 41.3. The quantitative estimate of drug-likeness (QED) is 0.417. The van der Waals surface area contributed by atoms with Crippen LogP contribution in [-0.2, 0) is 24.2 Å². The molecule has 0 amide bonds. The van der Waals surface area contributed by atoms with Gasteiger partial charge in [-0.2, -0.15) is 0 Å². The molecular formula is C11H14O7. The molecule has 0 radical (unpaired) electrons. The molecule has 7 nitrogen and oxygen atoms in total. The molecule has 7 heteroatoms. The fraction of sp³-hybridized carbons (Fsp3) is 0.545. The third-order valence-corrected chi connectivity index (χ3v) is 2.53. The average molecular weight is 258 g/mol.